The van der Waals surface area contributed by atoms with E-state index in [1.165, 1.54) is 0 Å². The second-order valence-corrected chi connectivity index (χ2v) is 3.46. The number of anilines is 1. The van der Waals surface area contributed by atoms with Crippen LogP contribution in [-0.2, 0) is 4.79 Å². The number of nitrogens with one attached hydrogen (secondary N) is 1. The molecule has 76 valence electrons. The van der Waals surface area contributed by atoms with Gasteiger partial charge in [-0.3, -0.25) is 4.79 Å². The summed E-state index contributed by atoms with van der Waals surface area (Å²) in [7, 11) is 3.50. The standard InChI is InChI=1S/C11H16N2O/c1-9-6-4-5-7-10(9)12-8-11(14)13(2)3/h4-7,12H,8H2,1-3H3. The number of carbonyl (C=O) groups is 1. The van der Waals surface area contributed by atoms with Crippen molar-refractivity contribution >= 4 is 11.6 Å². The van der Waals surface area contributed by atoms with Gasteiger partial charge in [-0.1, -0.05) is 18.2 Å². The van der Waals surface area contributed by atoms with E-state index in [9.17, 15) is 4.79 Å². The van der Waals surface area contributed by atoms with Gasteiger partial charge in [-0.05, 0) is 18.6 Å². The summed E-state index contributed by atoms with van der Waals surface area (Å²) >= 11 is 0. The molecule has 0 radical (unpaired) electrons. The van der Waals surface area contributed by atoms with Crippen LogP contribution in [0.4, 0.5) is 5.69 Å². The highest BCUT2D eigenvalue weighted by molar-refractivity contribution is 5.80. The maximum absolute atomic E-state index is 11.3. The van der Waals surface area contributed by atoms with Crippen LogP contribution in [0.25, 0.3) is 0 Å². The Hall–Kier alpha value is -1.51. The Bertz CT molecular complexity index is 321. The molecule has 0 bridgehead atoms. The fraction of sp³-hybridized carbons (Fsp3) is 0.364. The number of likely N-dealkylation sites (N-methyl/N-ethyl adjacent to an activating group) is 1. The summed E-state index contributed by atoms with van der Waals surface area (Å²) in [5.41, 5.74) is 2.17. The first-order valence-corrected chi connectivity index (χ1v) is 4.61. The Labute approximate surface area is 84.7 Å². The Morgan fingerprint density at radius 2 is 2.00 bits per heavy atom. The van der Waals surface area contributed by atoms with E-state index in [4.69, 9.17) is 0 Å². The van der Waals surface area contributed by atoms with E-state index in [0.29, 0.717) is 6.54 Å². The quantitative estimate of drug-likeness (QED) is 0.787. The average Bonchev–Trinajstić information content (AvgIpc) is 2.16. The molecule has 0 fully saturated rings. The van der Waals surface area contributed by atoms with Crippen molar-refractivity contribution in [1.82, 2.24) is 4.90 Å². The summed E-state index contributed by atoms with van der Waals surface area (Å²) in [5, 5.41) is 3.10. The number of aryl methyl sites for hydroxylation is 1. The maximum Gasteiger partial charge on any atom is 0.241 e. The number of hydrogen-bond acceptors (Lipinski definition) is 2. The molecule has 1 amide bonds. The van der Waals surface area contributed by atoms with Crippen LogP contribution in [0.15, 0.2) is 24.3 Å². The van der Waals surface area contributed by atoms with Crippen molar-refractivity contribution in [1.29, 1.82) is 0 Å². The van der Waals surface area contributed by atoms with E-state index in [0.717, 1.165) is 11.3 Å². The molecule has 0 aliphatic heterocycles. The highest BCUT2D eigenvalue weighted by atomic mass is 16.2. The summed E-state index contributed by atoms with van der Waals surface area (Å²) < 4.78 is 0. The average molecular weight is 192 g/mol. The molecule has 0 atom stereocenters. The van der Waals surface area contributed by atoms with Crippen LogP contribution in [-0.4, -0.2) is 31.4 Å². The predicted molar refractivity (Wildman–Crippen MR) is 58.4 cm³/mol. The SMILES string of the molecule is Cc1ccccc1NCC(=O)N(C)C. The molecule has 0 heterocycles. The normalized spacial score (nSPS) is 9.64. The van der Waals surface area contributed by atoms with Crippen molar-refractivity contribution in [3.63, 3.8) is 0 Å². The molecule has 0 spiro atoms. The molecular weight excluding hydrogens is 176 g/mol. The van der Waals surface area contributed by atoms with Crippen LogP contribution < -0.4 is 5.32 Å². The van der Waals surface area contributed by atoms with Gasteiger partial charge in [-0.2, -0.15) is 0 Å². The Morgan fingerprint density at radius 1 is 1.36 bits per heavy atom. The fourth-order valence-corrected chi connectivity index (χ4v) is 1.10. The molecule has 0 aromatic heterocycles. The van der Waals surface area contributed by atoms with Crippen LogP contribution in [0.1, 0.15) is 5.56 Å². The first-order chi connectivity index (χ1) is 6.61. The molecule has 0 unspecified atom stereocenters. The van der Waals surface area contributed by atoms with E-state index in [2.05, 4.69) is 5.32 Å². The van der Waals surface area contributed by atoms with E-state index >= 15 is 0 Å². The number of hydrogen-bond donors (Lipinski definition) is 1. The number of benzene rings is 1. The van der Waals surface area contributed by atoms with Crippen LogP contribution in [0.5, 0.6) is 0 Å². The smallest absolute Gasteiger partial charge is 0.241 e. The van der Waals surface area contributed by atoms with E-state index in [-0.39, 0.29) is 5.91 Å². The first kappa shape index (κ1) is 10.6. The zero-order valence-electron chi connectivity index (χ0n) is 8.87. The van der Waals surface area contributed by atoms with Gasteiger partial charge in [0, 0.05) is 19.8 Å². The first-order valence-electron chi connectivity index (χ1n) is 4.61. The summed E-state index contributed by atoms with van der Waals surface area (Å²) in [6, 6.07) is 7.92. The Kier molecular flexibility index (Phi) is 3.51. The van der Waals surface area contributed by atoms with Crippen molar-refractivity contribution in [2.45, 2.75) is 6.92 Å². The number of rotatable bonds is 3. The van der Waals surface area contributed by atoms with Gasteiger partial charge >= 0.3 is 0 Å². The highest BCUT2D eigenvalue weighted by Crippen LogP contribution is 2.12. The molecule has 0 saturated heterocycles. The lowest BCUT2D eigenvalue weighted by Crippen LogP contribution is -2.28. The van der Waals surface area contributed by atoms with Gasteiger partial charge < -0.3 is 10.2 Å². The minimum atomic E-state index is 0.0771. The van der Waals surface area contributed by atoms with Gasteiger partial charge in [0.05, 0.1) is 6.54 Å². The van der Waals surface area contributed by atoms with Crippen molar-refractivity contribution in [3.05, 3.63) is 29.8 Å². The largest absolute Gasteiger partial charge is 0.376 e. The second kappa shape index (κ2) is 4.65. The summed E-state index contributed by atoms with van der Waals surface area (Å²) in [4.78, 5) is 12.9. The van der Waals surface area contributed by atoms with Crippen LogP contribution >= 0.6 is 0 Å². The van der Waals surface area contributed by atoms with Gasteiger partial charge in [-0.15, -0.1) is 0 Å². The number of para-hydroxylation sites is 1. The molecule has 0 aliphatic rings. The third-order valence-electron chi connectivity index (χ3n) is 2.07. The summed E-state index contributed by atoms with van der Waals surface area (Å²) in [6.45, 7) is 2.36. The molecule has 3 heteroatoms. The summed E-state index contributed by atoms with van der Waals surface area (Å²) in [5.74, 6) is 0.0771. The lowest BCUT2D eigenvalue weighted by atomic mass is 10.2. The molecule has 1 aromatic rings. The topological polar surface area (TPSA) is 32.3 Å². The molecule has 0 saturated carbocycles. The molecule has 0 aliphatic carbocycles. The minimum Gasteiger partial charge on any atom is -0.376 e. The lowest BCUT2D eigenvalue weighted by Gasteiger charge is -2.12. The van der Waals surface area contributed by atoms with Crippen molar-refractivity contribution in [2.75, 3.05) is 26.0 Å². The number of carbonyl (C=O) groups excluding carboxylic acids is 1. The van der Waals surface area contributed by atoms with Crippen molar-refractivity contribution in [3.8, 4) is 0 Å². The third kappa shape index (κ3) is 2.76. The highest BCUT2D eigenvalue weighted by Gasteiger charge is 2.03. The lowest BCUT2D eigenvalue weighted by molar-refractivity contribution is -0.126. The van der Waals surface area contributed by atoms with Gasteiger partial charge in [0.2, 0.25) is 5.91 Å². The fourth-order valence-electron chi connectivity index (χ4n) is 1.10. The minimum absolute atomic E-state index is 0.0771. The molecular formula is C11H16N2O. The Balaban J connectivity index is 2.54. The van der Waals surface area contributed by atoms with Crippen molar-refractivity contribution < 1.29 is 4.79 Å². The van der Waals surface area contributed by atoms with Crippen LogP contribution in [0.2, 0.25) is 0 Å². The molecule has 1 N–H and O–H groups in total. The molecule has 1 rings (SSSR count). The Morgan fingerprint density at radius 3 is 2.57 bits per heavy atom. The van der Waals surface area contributed by atoms with E-state index in [1.807, 2.05) is 31.2 Å². The predicted octanol–water partition coefficient (Wildman–Crippen LogP) is 1.50. The summed E-state index contributed by atoms with van der Waals surface area (Å²) in [6.07, 6.45) is 0. The zero-order chi connectivity index (χ0) is 10.6. The zero-order valence-corrected chi connectivity index (χ0v) is 8.87. The van der Waals surface area contributed by atoms with Gasteiger partial charge in [0.1, 0.15) is 0 Å². The van der Waals surface area contributed by atoms with Crippen LogP contribution in [0.3, 0.4) is 0 Å². The molecule has 1 aromatic carbocycles. The van der Waals surface area contributed by atoms with Gasteiger partial charge in [0.15, 0.2) is 0 Å². The number of nitrogens with zero attached hydrogens (tertiary/aromatic N) is 1. The number of amides is 1. The molecule has 14 heavy (non-hydrogen) atoms. The van der Waals surface area contributed by atoms with E-state index in [1.54, 1.807) is 19.0 Å². The maximum atomic E-state index is 11.3. The second-order valence-electron chi connectivity index (χ2n) is 3.46. The van der Waals surface area contributed by atoms with Crippen molar-refractivity contribution in [2.24, 2.45) is 0 Å². The van der Waals surface area contributed by atoms with E-state index < -0.39 is 0 Å². The molecule has 3 nitrogen and oxygen atoms in total. The van der Waals surface area contributed by atoms with Gasteiger partial charge in [-0.25, -0.2) is 0 Å². The monoisotopic (exact) mass is 192 g/mol. The van der Waals surface area contributed by atoms with Gasteiger partial charge in [0.25, 0.3) is 0 Å². The third-order valence-corrected chi connectivity index (χ3v) is 2.07. The van der Waals surface area contributed by atoms with Crippen LogP contribution in [0, 0.1) is 6.92 Å².